The quantitative estimate of drug-likeness (QED) is 0.225. The Labute approximate surface area is 184 Å². The monoisotopic (exact) mass is 501 g/mol. The van der Waals surface area contributed by atoms with Gasteiger partial charge in [-0.05, 0) is 38.3 Å². The van der Waals surface area contributed by atoms with Crippen LogP contribution in [0.3, 0.4) is 0 Å². The van der Waals surface area contributed by atoms with E-state index in [4.69, 9.17) is 13.9 Å². The largest absolute Gasteiger partial charge is 0.461 e. The molecule has 1 saturated heterocycles. The minimum absolute atomic E-state index is 0. The lowest BCUT2D eigenvalue weighted by molar-refractivity contribution is 0.0171. The number of guanidine groups is 1. The number of benzene rings is 1. The van der Waals surface area contributed by atoms with Crippen LogP contribution < -0.4 is 10.6 Å². The molecule has 28 heavy (non-hydrogen) atoms. The van der Waals surface area contributed by atoms with Gasteiger partial charge >= 0.3 is 0 Å². The van der Waals surface area contributed by atoms with Crippen LogP contribution in [-0.2, 0) is 15.9 Å². The van der Waals surface area contributed by atoms with Gasteiger partial charge in [0.2, 0.25) is 0 Å². The van der Waals surface area contributed by atoms with Gasteiger partial charge in [-0.15, -0.1) is 24.0 Å². The molecule has 1 aliphatic heterocycles. The van der Waals surface area contributed by atoms with Gasteiger partial charge in [0.1, 0.15) is 11.3 Å². The van der Waals surface area contributed by atoms with Crippen molar-refractivity contribution < 1.29 is 13.9 Å². The Morgan fingerprint density at radius 1 is 1.29 bits per heavy atom. The van der Waals surface area contributed by atoms with E-state index in [1.54, 1.807) is 0 Å². The molecule has 2 heterocycles. The van der Waals surface area contributed by atoms with Gasteiger partial charge in [-0.1, -0.05) is 18.2 Å². The van der Waals surface area contributed by atoms with E-state index >= 15 is 0 Å². The number of rotatable bonds is 10. The van der Waals surface area contributed by atoms with Crippen LogP contribution in [0.2, 0.25) is 0 Å². The average molecular weight is 501 g/mol. The molecule has 0 bridgehead atoms. The van der Waals surface area contributed by atoms with Gasteiger partial charge in [0.05, 0.1) is 12.7 Å². The minimum Gasteiger partial charge on any atom is -0.461 e. The van der Waals surface area contributed by atoms with Crippen LogP contribution in [0.5, 0.6) is 0 Å². The van der Waals surface area contributed by atoms with Crippen molar-refractivity contribution in [2.24, 2.45) is 4.99 Å². The normalized spacial score (nSPS) is 16.9. The van der Waals surface area contributed by atoms with E-state index < -0.39 is 0 Å². The van der Waals surface area contributed by atoms with Gasteiger partial charge in [0, 0.05) is 44.7 Å². The first-order valence-electron chi connectivity index (χ1n) is 10.0. The summed E-state index contributed by atoms with van der Waals surface area (Å²) in [7, 11) is 0. The number of halogens is 1. The van der Waals surface area contributed by atoms with Crippen molar-refractivity contribution in [1.29, 1.82) is 0 Å². The third-order valence-electron chi connectivity index (χ3n) is 4.53. The molecule has 2 aromatic rings. The molecule has 6 nitrogen and oxygen atoms in total. The first-order valence-corrected chi connectivity index (χ1v) is 10.0. The molecule has 156 valence electrons. The maximum atomic E-state index is 5.85. The van der Waals surface area contributed by atoms with Gasteiger partial charge in [0.25, 0.3) is 0 Å². The number of aliphatic imine (C=N–C) groups is 1. The van der Waals surface area contributed by atoms with Crippen LogP contribution in [0, 0.1) is 0 Å². The van der Waals surface area contributed by atoms with Gasteiger partial charge in [-0.2, -0.15) is 0 Å². The van der Waals surface area contributed by atoms with E-state index in [2.05, 4.69) is 34.7 Å². The van der Waals surface area contributed by atoms with Crippen molar-refractivity contribution in [3.05, 3.63) is 36.1 Å². The van der Waals surface area contributed by atoms with Crippen LogP contribution in [0.15, 0.2) is 39.7 Å². The molecule has 1 atom stereocenters. The summed E-state index contributed by atoms with van der Waals surface area (Å²) in [5.41, 5.74) is 0.941. The third-order valence-corrected chi connectivity index (χ3v) is 4.53. The SMILES string of the molecule is CCNC(=NCCCOCC1CCCO1)NCCc1cc2ccccc2o1.I. The lowest BCUT2D eigenvalue weighted by Crippen LogP contribution is -2.38. The second-order valence-corrected chi connectivity index (χ2v) is 6.75. The number of ether oxygens (including phenoxy) is 2. The zero-order valence-electron chi connectivity index (χ0n) is 16.6. The smallest absolute Gasteiger partial charge is 0.191 e. The summed E-state index contributed by atoms with van der Waals surface area (Å²) in [6.07, 6.45) is 4.31. The number of hydrogen-bond acceptors (Lipinski definition) is 4. The Morgan fingerprint density at radius 3 is 2.96 bits per heavy atom. The zero-order chi connectivity index (χ0) is 18.7. The zero-order valence-corrected chi connectivity index (χ0v) is 18.9. The number of para-hydroxylation sites is 1. The molecular weight excluding hydrogens is 469 g/mol. The van der Waals surface area contributed by atoms with E-state index in [9.17, 15) is 0 Å². The molecule has 2 N–H and O–H groups in total. The fraction of sp³-hybridized carbons (Fsp3) is 0.571. The topological polar surface area (TPSA) is 68.0 Å². The van der Waals surface area contributed by atoms with E-state index in [-0.39, 0.29) is 24.0 Å². The lowest BCUT2D eigenvalue weighted by Gasteiger charge is -2.11. The highest BCUT2D eigenvalue weighted by atomic mass is 127. The number of nitrogens with one attached hydrogen (secondary N) is 2. The highest BCUT2D eigenvalue weighted by Gasteiger charge is 2.14. The van der Waals surface area contributed by atoms with Gasteiger partial charge in [0.15, 0.2) is 5.96 Å². The molecule has 1 unspecified atom stereocenters. The second kappa shape index (κ2) is 13.0. The van der Waals surface area contributed by atoms with E-state index in [1.807, 2.05) is 18.2 Å². The molecule has 3 rings (SSSR count). The van der Waals surface area contributed by atoms with E-state index in [1.165, 1.54) is 0 Å². The Balaban J connectivity index is 0.00000280. The van der Waals surface area contributed by atoms with Crippen LogP contribution in [0.1, 0.15) is 31.9 Å². The third kappa shape index (κ3) is 7.60. The highest BCUT2D eigenvalue weighted by molar-refractivity contribution is 14.0. The number of fused-ring (bicyclic) bond motifs is 1. The predicted molar refractivity (Wildman–Crippen MR) is 124 cm³/mol. The van der Waals surface area contributed by atoms with Crippen LogP contribution in [0.4, 0.5) is 0 Å². The van der Waals surface area contributed by atoms with Gasteiger partial charge in [-0.3, -0.25) is 4.99 Å². The summed E-state index contributed by atoms with van der Waals surface area (Å²) >= 11 is 0. The molecule has 0 radical (unpaired) electrons. The number of nitrogens with zero attached hydrogens (tertiary/aromatic N) is 1. The Bertz CT molecular complexity index is 681. The molecular formula is C21H32IN3O3. The van der Waals surface area contributed by atoms with Crippen molar-refractivity contribution in [3.8, 4) is 0 Å². The number of hydrogen-bond donors (Lipinski definition) is 2. The van der Waals surface area contributed by atoms with Crippen molar-refractivity contribution in [2.45, 2.75) is 38.7 Å². The fourth-order valence-corrected chi connectivity index (χ4v) is 3.15. The van der Waals surface area contributed by atoms with Crippen LogP contribution in [-0.4, -0.2) is 51.5 Å². The Morgan fingerprint density at radius 2 is 2.18 bits per heavy atom. The molecule has 0 saturated carbocycles. The van der Waals surface area contributed by atoms with E-state index in [0.717, 1.165) is 81.2 Å². The lowest BCUT2D eigenvalue weighted by atomic mass is 10.2. The molecule has 1 aromatic carbocycles. The highest BCUT2D eigenvalue weighted by Crippen LogP contribution is 2.18. The summed E-state index contributed by atoms with van der Waals surface area (Å²) in [5.74, 6) is 1.83. The summed E-state index contributed by atoms with van der Waals surface area (Å²) < 4.78 is 17.1. The molecule has 1 fully saturated rings. The first-order chi connectivity index (χ1) is 13.3. The van der Waals surface area contributed by atoms with Crippen molar-refractivity contribution >= 4 is 40.9 Å². The summed E-state index contributed by atoms with van der Waals surface area (Å²) in [4.78, 5) is 4.61. The van der Waals surface area contributed by atoms with Crippen LogP contribution >= 0.6 is 24.0 Å². The summed E-state index contributed by atoms with van der Waals surface area (Å²) in [6, 6.07) is 10.2. The van der Waals surface area contributed by atoms with Crippen molar-refractivity contribution in [3.63, 3.8) is 0 Å². The fourth-order valence-electron chi connectivity index (χ4n) is 3.15. The first kappa shape index (κ1) is 23.0. The summed E-state index contributed by atoms with van der Waals surface area (Å²) in [5, 5.41) is 7.79. The maximum absolute atomic E-state index is 5.85. The molecule has 0 spiro atoms. The number of furan rings is 1. The maximum Gasteiger partial charge on any atom is 0.191 e. The molecule has 0 aliphatic carbocycles. The predicted octanol–water partition coefficient (Wildman–Crippen LogP) is 3.73. The van der Waals surface area contributed by atoms with E-state index in [0.29, 0.717) is 12.7 Å². The van der Waals surface area contributed by atoms with Crippen molar-refractivity contribution in [1.82, 2.24) is 10.6 Å². The second-order valence-electron chi connectivity index (χ2n) is 6.75. The summed E-state index contributed by atoms with van der Waals surface area (Å²) in [6.45, 7) is 6.74. The minimum atomic E-state index is 0. The molecule has 1 aromatic heterocycles. The average Bonchev–Trinajstić information content (AvgIpc) is 3.33. The van der Waals surface area contributed by atoms with Gasteiger partial charge < -0.3 is 24.5 Å². The van der Waals surface area contributed by atoms with Crippen molar-refractivity contribution in [2.75, 3.05) is 39.5 Å². The standard InChI is InChI=1S/C21H31N3O3.HI/c1-2-22-21(23-11-6-13-25-16-19-8-5-14-26-19)24-12-10-18-15-17-7-3-4-9-20(17)27-18;/h3-4,7,9,15,19H,2,5-6,8,10-14,16H2,1H3,(H2,22,23,24);1H. The molecule has 1 aliphatic rings. The molecule has 0 amide bonds. The van der Waals surface area contributed by atoms with Crippen LogP contribution in [0.25, 0.3) is 11.0 Å². The Kier molecular flexibility index (Phi) is 10.7. The van der Waals surface area contributed by atoms with Gasteiger partial charge in [-0.25, -0.2) is 0 Å². The molecule has 7 heteroatoms. The Hall–Kier alpha value is -1.32.